The van der Waals surface area contributed by atoms with E-state index in [1.165, 1.54) is 24.5 Å². The van der Waals surface area contributed by atoms with Gasteiger partial charge in [-0.3, -0.25) is 4.79 Å². The lowest BCUT2D eigenvalue weighted by atomic mass is 10.1. The maximum absolute atomic E-state index is 13.5. The average molecular weight is 250 g/mol. The molecule has 0 saturated carbocycles. The number of carboxylic acid groups (broad SMARTS) is 1. The van der Waals surface area contributed by atoms with Crippen molar-refractivity contribution >= 4 is 17.6 Å². The lowest BCUT2D eigenvalue weighted by molar-refractivity contribution is 0.0697. The molecule has 0 unspecified atom stereocenters. The third kappa shape index (κ3) is 2.19. The van der Waals surface area contributed by atoms with Crippen molar-refractivity contribution in [1.29, 1.82) is 0 Å². The maximum atomic E-state index is 13.5. The number of hydrogen-bond donors (Lipinski definition) is 2. The van der Waals surface area contributed by atoms with Crippen LogP contribution in [0.15, 0.2) is 35.1 Å². The summed E-state index contributed by atoms with van der Waals surface area (Å²) in [6.45, 7) is 0. The number of benzene rings is 1. The van der Waals surface area contributed by atoms with E-state index >= 15 is 0 Å². The zero-order valence-corrected chi connectivity index (χ0v) is 8.88. The van der Waals surface area contributed by atoms with Crippen LogP contribution < -0.4 is 5.32 Å². The number of carbonyl (C=O) groups excluding carboxylic acids is 1. The van der Waals surface area contributed by atoms with Gasteiger partial charge in [0.2, 0.25) is 0 Å². The van der Waals surface area contributed by atoms with E-state index in [9.17, 15) is 14.0 Å². The second-order valence-electron chi connectivity index (χ2n) is 3.31. The fourth-order valence-electron chi connectivity index (χ4n) is 1.34. The molecule has 0 saturated heterocycles. The van der Waals surface area contributed by atoms with Crippen molar-refractivity contribution in [3.8, 4) is 0 Å². The third-order valence-corrected chi connectivity index (χ3v) is 2.15. The van der Waals surface area contributed by atoms with Crippen LogP contribution in [0.2, 0.25) is 0 Å². The zero-order chi connectivity index (χ0) is 13.1. The monoisotopic (exact) mass is 250 g/mol. The van der Waals surface area contributed by atoms with Gasteiger partial charge in [-0.25, -0.2) is 9.18 Å². The topological polar surface area (TPSA) is 92.4 Å². The second kappa shape index (κ2) is 4.66. The Hall–Kier alpha value is -2.70. The molecule has 7 heteroatoms. The largest absolute Gasteiger partial charge is 0.478 e. The van der Waals surface area contributed by atoms with Crippen LogP contribution in [0.1, 0.15) is 20.8 Å². The fourth-order valence-corrected chi connectivity index (χ4v) is 1.34. The number of aromatic nitrogens is 1. The number of carboxylic acids is 1. The van der Waals surface area contributed by atoms with Gasteiger partial charge >= 0.3 is 5.97 Å². The molecule has 0 atom stereocenters. The summed E-state index contributed by atoms with van der Waals surface area (Å²) in [7, 11) is 0. The van der Waals surface area contributed by atoms with Crippen LogP contribution in [-0.4, -0.2) is 22.1 Å². The highest BCUT2D eigenvalue weighted by Crippen LogP contribution is 2.20. The van der Waals surface area contributed by atoms with E-state index in [4.69, 9.17) is 5.11 Å². The first-order valence-electron chi connectivity index (χ1n) is 4.83. The van der Waals surface area contributed by atoms with Crippen molar-refractivity contribution < 1.29 is 23.6 Å². The summed E-state index contributed by atoms with van der Waals surface area (Å²) < 4.78 is 18.0. The summed E-state index contributed by atoms with van der Waals surface area (Å²) in [4.78, 5) is 22.5. The minimum absolute atomic E-state index is 0.0745. The minimum atomic E-state index is -1.34. The van der Waals surface area contributed by atoms with Crippen molar-refractivity contribution in [2.45, 2.75) is 0 Å². The molecule has 2 aromatic rings. The van der Waals surface area contributed by atoms with Gasteiger partial charge in [0.1, 0.15) is 12.1 Å². The van der Waals surface area contributed by atoms with Gasteiger partial charge < -0.3 is 14.9 Å². The number of para-hydroxylation sites is 1. The molecule has 6 nitrogen and oxygen atoms in total. The Morgan fingerprint density at radius 2 is 2.11 bits per heavy atom. The molecule has 0 aliphatic carbocycles. The first-order chi connectivity index (χ1) is 8.59. The number of carbonyl (C=O) groups is 2. The Labute approximate surface area is 100 Å². The first-order valence-corrected chi connectivity index (χ1v) is 4.83. The molecule has 1 aromatic carbocycles. The Kier molecular flexibility index (Phi) is 3.05. The molecule has 0 aliphatic rings. The van der Waals surface area contributed by atoms with E-state index in [2.05, 4.69) is 15.0 Å². The lowest BCUT2D eigenvalue weighted by Crippen LogP contribution is -2.16. The van der Waals surface area contributed by atoms with E-state index < -0.39 is 23.4 Å². The summed E-state index contributed by atoms with van der Waals surface area (Å²) in [6, 6.07) is 4.75. The normalized spacial score (nSPS) is 10.1. The molecule has 2 N–H and O–H groups in total. The Morgan fingerprint density at radius 1 is 1.33 bits per heavy atom. The molecule has 0 spiro atoms. The van der Waals surface area contributed by atoms with Gasteiger partial charge in [-0.15, -0.1) is 0 Å². The van der Waals surface area contributed by atoms with Crippen LogP contribution in [0, 0.1) is 5.82 Å². The minimum Gasteiger partial charge on any atom is -0.478 e. The Morgan fingerprint density at radius 3 is 2.72 bits per heavy atom. The van der Waals surface area contributed by atoms with Crippen molar-refractivity contribution in [2.24, 2.45) is 0 Å². The predicted molar refractivity (Wildman–Crippen MR) is 57.8 cm³/mol. The molecule has 1 heterocycles. The summed E-state index contributed by atoms with van der Waals surface area (Å²) in [5.74, 6) is -2.94. The highest BCUT2D eigenvalue weighted by molar-refractivity contribution is 6.06. The molecule has 18 heavy (non-hydrogen) atoms. The Balaban J connectivity index is 2.34. The van der Waals surface area contributed by atoms with Crippen molar-refractivity contribution in [3.05, 3.63) is 47.6 Å². The Bertz CT molecular complexity index is 595. The van der Waals surface area contributed by atoms with Gasteiger partial charge in [-0.1, -0.05) is 11.2 Å². The van der Waals surface area contributed by atoms with E-state index in [0.717, 1.165) is 6.07 Å². The number of nitrogens with one attached hydrogen (secondary N) is 1. The molecule has 92 valence electrons. The summed E-state index contributed by atoms with van der Waals surface area (Å²) in [5.41, 5.74) is -0.820. The van der Waals surface area contributed by atoms with Gasteiger partial charge in [0.15, 0.2) is 5.69 Å². The number of rotatable bonds is 3. The standard InChI is InChI=1S/C11H7FN2O4/c12-7-3-1-2-6(11(16)17)9(7)13-10(15)8-4-5-18-14-8/h1-5H,(H,13,15)(H,16,17). The van der Waals surface area contributed by atoms with Crippen LogP contribution in [0.5, 0.6) is 0 Å². The fraction of sp³-hybridized carbons (Fsp3) is 0. The molecule has 2 rings (SSSR count). The number of halogens is 1. The van der Waals surface area contributed by atoms with Crippen LogP contribution in [-0.2, 0) is 0 Å². The molecular weight excluding hydrogens is 243 g/mol. The molecule has 1 amide bonds. The predicted octanol–water partition coefficient (Wildman–Crippen LogP) is 1.76. The van der Waals surface area contributed by atoms with Gasteiger partial charge in [0.05, 0.1) is 11.3 Å². The highest BCUT2D eigenvalue weighted by Gasteiger charge is 2.18. The van der Waals surface area contributed by atoms with Gasteiger partial charge in [0.25, 0.3) is 5.91 Å². The van der Waals surface area contributed by atoms with Crippen LogP contribution in [0.25, 0.3) is 0 Å². The second-order valence-corrected chi connectivity index (χ2v) is 3.31. The van der Waals surface area contributed by atoms with E-state index in [1.807, 2.05) is 0 Å². The quantitative estimate of drug-likeness (QED) is 0.865. The molecule has 0 aliphatic heterocycles. The number of amides is 1. The van der Waals surface area contributed by atoms with Gasteiger partial charge in [-0.2, -0.15) is 0 Å². The van der Waals surface area contributed by atoms with E-state index in [-0.39, 0.29) is 11.3 Å². The molecule has 0 fully saturated rings. The molecule has 1 aromatic heterocycles. The maximum Gasteiger partial charge on any atom is 0.337 e. The zero-order valence-electron chi connectivity index (χ0n) is 8.88. The van der Waals surface area contributed by atoms with E-state index in [1.54, 1.807) is 0 Å². The van der Waals surface area contributed by atoms with E-state index in [0.29, 0.717) is 0 Å². The number of aromatic carboxylic acids is 1. The summed E-state index contributed by atoms with van der Waals surface area (Å²) in [6.07, 6.45) is 1.17. The van der Waals surface area contributed by atoms with Gasteiger partial charge in [0, 0.05) is 6.07 Å². The van der Waals surface area contributed by atoms with Crippen molar-refractivity contribution in [1.82, 2.24) is 5.16 Å². The number of hydrogen-bond acceptors (Lipinski definition) is 4. The first kappa shape index (κ1) is 11.8. The molecular formula is C11H7FN2O4. The van der Waals surface area contributed by atoms with Gasteiger partial charge in [-0.05, 0) is 12.1 Å². The molecule has 0 bridgehead atoms. The lowest BCUT2D eigenvalue weighted by Gasteiger charge is -2.07. The average Bonchev–Trinajstić information content (AvgIpc) is 2.85. The summed E-state index contributed by atoms with van der Waals surface area (Å²) in [5, 5.41) is 14.4. The number of anilines is 1. The number of nitrogens with zero attached hydrogens (tertiary/aromatic N) is 1. The van der Waals surface area contributed by atoms with Crippen LogP contribution in [0.3, 0.4) is 0 Å². The van der Waals surface area contributed by atoms with Crippen molar-refractivity contribution in [2.75, 3.05) is 5.32 Å². The molecule has 0 radical (unpaired) electrons. The SMILES string of the molecule is O=C(Nc1c(F)cccc1C(=O)O)c1ccon1. The van der Waals surface area contributed by atoms with Crippen LogP contribution in [0.4, 0.5) is 10.1 Å². The van der Waals surface area contributed by atoms with Crippen molar-refractivity contribution in [3.63, 3.8) is 0 Å². The smallest absolute Gasteiger partial charge is 0.337 e. The highest BCUT2D eigenvalue weighted by atomic mass is 19.1. The third-order valence-electron chi connectivity index (χ3n) is 2.15. The summed E-state index contributed by atoms with van der Waals surface area (Å²) >= 11 is 0. The van der Waals surface area contributed by atoms with Crippen LogP contribution >= 0.6 is 0 Å².